The van der Waals surface area contributed by atoms with E-state index >= 15 is 0 Å². The second kappa shape index (κ2) is 6.52. The van der Waals surface area contributed by atoms with Gasteiger partial charge in [0.05, 0.1) is 0 Å². The molecule has 0 radical (unpaired) electrons. The van der Waals surface area contributed by atoms with Gasteiger partial charge in [0.15, 0.2) is 0 Å². The van der Waals surface area contributed by atoms with Crippen LogP contribution in [0.2, 0.25) is 0 Å². The molecule has 1 aromatic rings. The third-order valence-corrected chi connectivity index (χ3v) is 5.68. The maximum Gasteiger partial charge on any atom is 0.0320 e. The molecule has 2 nitrogen and oxygen atoms in total. The van der Waals surface area contributed by atoms with Crippen LogP contribution in [-0.2, 0) is 5.41 Å². The summed E-state index contributed by atoms with van der Waals surface area (Å²) >= 11 is 0. The van der Waals surface area contributed by atoms with Crippen molar-refractivity contribution in [1.29, 1.82) is 0 Å². The molecule has 1 aromatic carbocycles. The predicted octanol–water partition coefficient (Wildman–Crippen LogP) is 4.98. The summed E-state index contributed by atoms with van der Waals surface area (Å²) in [6.45, 7) is 16.3. The molecule has 1 fully saturated rings. The number of allylic oxidation sites excluding steroid dienone is 3. The molecule has 0 heterocycles. The van der Waals surface area contributed by atoms with Gasteiger partial charge in [0.25, 0.3) is 0 Å². The molecule has 2 rings (SSSR count). The number of rotatable bonds is 7. The Morgan fingerprint density at radius 3 is 2.52 bits per heavy atom. The number of benzene rings is 1. The van der Waals surface area contributed by atoms with Crippen LogP contribution in [0.1, 0.15) is 63.6 Å². The fourth-order valence-electron chi connectivity index (χ4n) is 4.54. The van der Waals surface area contributed by atoms with Gasteiger partial charge >= 0.3 is 0 Å². The second-order valence-electron chi connectivity index (χ2n) is 6.86. The normalized spacial score (nSPS) is 26.7. The lowest BCUT2D eigenvalue weighted by Gasteiger charge is -2.29. The zero-order valence-corrected chi connectivity index (χ0v) is 15.4. The van der Waals surface area contributed by atoms with Crippen molar-refractivity contribution < 1.29 is 0 Å². The van der Waals surface area contributed by atoms with E-state index in [0.717, 1.165) is 30.6 Å². The van der Waals surface area contributed by atoms with Gasteiger partial charge in [0.1, 0.15) is 0 Å². The van der Waals surface area contributed by atoms with Crippen LogP contribution >= 0.6 is 0 Å². The van der Waals surface area contributed by atoms with E-state index < -0.39 is 0 Å². The second-order valence-corrected chi connectivity index (χ2v) is 6.86. The Morgan fingerprint density at radius 2 is 2.00 bits per heavy atom. The molecule has 2 unspecified atom stereocenters. The Kier molecular flexibility index (Phi) is 5.05. The molecule has 2 heteroatoms. The summed E-state index contributed by atoms with van der Waals surface area (Å²) in [4.78, 5) is 0. The van der Waals surface area contributed by atoms with Crippen LogP contribution in [0.3, 0.4) is 0 Å². The first-order valence-corrected chi connectivity index (χ1v) is 8.89. The maximum absolute atomic E-state index is 6.22. The number of anilines is 1. The Labute approximate surface area is 141 Å². The fourth-order valence-corrected chi connectivity index (χ4v) is 4.54. The number of nitrogens with one attached hydrogen (secondary N) is 1. The molecule has 0 aliphatic heterocycles. The molecule has 1 saturated carbocycles. The molecule has 126 valence electrons. The van der Waals surface area contributed by atoms with Gasteiger partial charge in [-0.25, -0.2) is 0 Å². The van der Waals surface area contributed by atoms with Crippen molar-refractivity contribution in [3.05, 3.63) is 47.6 Å². The minimum absolute atomic E-state index is 0.164. The average molecular weight is 313 g/mol. The number of likely N-dealkylation sites (N-methyl/N-ethyl adjacent to an activating group) is 1. The van der Waals surface area contributed by atoms with E-state index in [2.05, 4.69) is 63.9 Å². The quantitative estimate of drug-likeness (QED) is 0.550. The zero-order valence-electron chi connectivity index (χ0n) is 15.4. The Balaban J connectivity index is 2.65. The average Bonchev–Trinajstić information content (AvgIpc) is 3.16. The van der Waals surface area contributed by atoms with E-state index in [-0.39, 0.29) is 11.0 Å². The van der Waals surface area contributed by atoms with Crippen molar-refractivity contribution in [2.45, 2.75) is 64.8 Å². The highest BCUT2D eigenvalue weighted by Gasteiger charge is 2.65. The molecule has 0 spiro atoms. The summed E-state index contributed by atoms with van der Waals surface area (Å²) in [6.07, 6.45) is 7.60. The topological polar surface area (TPSA) is 38.0 Å². The van der Waals surface area contributed by atoms with Gasteiger partial charge in [-0.15, -0.1) is 0 Å². The van der Waals surface area contributed by atoms with E-state index in [1.54, 1.807) is 0 Å². The minimum atomic E-state index is 0.164. The first-order valence-electron chi connectivity index (χ1n) is 8.89. The van der Waals surface area contributed by atoms with Crippen LogP contribution in [0.5, 0.6) is 0 Å². The van der Waals surface area contributed by atoms with Crippen molar-refractivity contribution in [3.8, 4) is 0 Å². The number of nitrogens with two attached hydrogens (primary N) is 1. The van der Waals surface area contributed by atoms with Gasteiger partial charge in [-0.1, -0.05) is 39.5 Å². The number of nitrogen functional groups attached to an aromatic ring is 1. The highest BCUT2D eigenvalue weighted by atomic mass is 15.1. The third kappa shape index (κ3) is 2.74. The SMILES string of the molecule is C=C(/C=C\C)c1c(C)cc(N)cc1C1(CC)CC1(CC)NCC. The Bertz CT molecular complexity index is 629. The summed E-state index contributed by atoms with van der Waals surface area (Å²) in [5, 5.41) is 3.77. The van der Waals surface area contributed by atoms with Crippen LogP contribution in [0.25, 0.3) is 5.57 Å². The monoisotopic (exact) mass is 312 g/mol. The highest BCUT2D eigenvalue weighted by molar-refractivity contribution is 5.79. The molecule has 23 heavy (non-hydrogen) atoms. The lowest BCUT2D eigenvalue weighted by molar-refractivity contribution is 0.414. The van der Waals surface area contributed by atoms with Crippen LogP contribution in [-0.4, -0.2) is 12.1 Å². The van der Waals surface area contributed by atoms with E-state index in [1.165, 1.54) is 23.1 Å². The van der Waals surface area contributed by atoms with Gasteiger partial charge in [0.2, 0.25) is 0 Å². The summed E-state index contributed by atoms with van der Waals surface area (Å²) < 4.78 is 0. The minimum Gasteiger partial charge on any atom is -0.399 e. The van der Waals surface area contributed by atoms with Gasteiger partial charge in [-0.3, -0.25) is 0 Å². The molecule has 1 aliphatic rings. The van der Waals surface area contributed by atoms with Gasteiger partial charge in [-0.2, -0.15) is 0 Å². The van der Waals surface area contributed by atoms with E-state index in [0.29, 0.717) is 0 Å². The molecule has 0 amide bonds. The fraction of sp³-hybridized carbons (Fsp3) is 0.524. The maximum atomic E-state index is 6.22. The number of hydrogen-bond acceptors (Lipinski definition) is 2. The number of hydrogen-bond donors (Lipinski definition) is 2. The van der Waals surface area contributed by atoms with Crippen molar-refractivity contribution in [1.82, 2.24) is 5.32 Å². The summed E-state index contributed by atoms with van der Waals surface area (Å²) in [5.74, 6) is 0. The van der Waals surface area contributed by atoms with Crippen molar-refractivity contribution >= 4 is 11.3 Å². The van der Waals surface area contributed by atoms with Crippen molar-refractivity contribution in [2.24, 2.45) is 0 Å². The first kappa shape index (κ1) is 17.8. The van der Waals surface area contributed by atoms with Crippen LogP contribution in [0.4, 0.5) is 5.69 Å². The molecular weight excluding hydrogens is 280 g/mol. The van der Waals surface area contributed by atoms with Crippen LogP contribution < -0.4 is 11.1 Å². The standard InChI is InChI=1S/C21H32N2/c1-7-11-15(5)19-16(6)12-17(22)13-18(19)20(8-2)14-21(20,9-3)23-10-4/h7,11-13,23H,5,8-10,14,22H2,1-4,6H3/b11-7-. The molecule has 2 atom stereocenters. The molecule has 0 bridgehead atoms. The lowest BCUT2D eigenvalue weighted by Crippen LogP contribution is -2.38. The van der Waals surface area contributed by atoms with Gasteiger partial charge < -0.3 is 11.1 Å². The Hall–Kier alpha value is -1.54. The lowest BCUT2D eigenvalue weighted by atomic mass is 9.80. The molecule has 1 aliphatic carbocycles. The smallest absolute Gasteiger partial charge is 0.0320 e. The number of aryl methyl sites for hydroxylation is 1. The largest absolute Gasteiger partial charge is 0.399 e. The first-order chi connectivity index (χ1) is 10.9. The van der Waals surface area contributed by atoms with Crippen LogP contribution in [0, 0.1) is 6.92 Å². The predicted molar refractivity (Wildman–Crippen MR) is 103 cm³/mol. The summed E-state index contributed by atoms with van der Waals surface area (Å²) in [7, 11) is 0. The van der Waals surface area contributed by atoms with E-state index in [4.69, 9.17) is 5.73 Å². The Morgan fingerprint density at radius 1 is 1.30 bits per heavy atom. The van der Waals surface area contributed by atoms with Gasteiger partial charge in [-0.05, 0) is 74.1 Å². The zero-order chi connectivity index (χ0) is 17.3. The van der Waals surface area contributed by atoms with Crippen molar-refractivity contribution in [2.75, 3.05) is 12.3 Å². The summed E-state index contributed by atoms with van der Waals surface area (Å²) in [6, 6.07) is 4.26. The van der Waals surface area contributed by atoms with E-state index in [9.17, 15) is 0 Å². The van der Waals surface area contributed by atoms with E-state index in [1.807, 2.05) is 6.92 Å². The molecule has 0 aromatic heterocycles. The van der Waals surface area contributed by atoms with Crippen molar-refractivity contribution in [3.63, 3.8) is 0 Å². The highest BCUT2D eigenvalue weighted by Crippen LogP contribution is 2.63. The molecule has 3 N–H and O–H groups in total. The summed E-state index contributed by atoms with van der Waals surface area (Å²) in [5.41, 5.74) is 12.4. The molecular formula is C21H32N2. The van der Waals surface area contributed by atoms with Crippen LogP contribution in [0.15, 0.2) is 30.9 Å². The third-order valence-electron chi connectivity index (χ3n) is 5.68. The molecule has 0 saturated heterocycles. The van der Waals surface area contributed by atoms with Gasteiger partial charge in [0, 0.05) is 16.6 Å².